The minimum absolute atomic E-state index is 0.173. The molecule has 0 unspecified atom stereocenters. The number of phenolic OH excluding ortho intramolecular Hbond substituents is 2. The van der Waals surface area contributed by atoms with E-state index in [1.54, 1.807) is 6.07 Å². The zero-order valence-electron chi connectivity index (χ0n) is 15.7. The number of fused-ring (bicyclic) bond motifs is 1. The first-order valence-electron chi connectivity index (χ1n) is 9.28. The van der Waals surface area contributed by atoms with Crippen LogP contribution in [0.15, 0.2) is 58.4 Å². The molecule has 0 saturated carbocycles. The smallest absolute Gasteiger partial charge is 0.257 e. The molecule has 0 spiro atoms. The van der Waals surface area contributed by atoms with Crippen LogP contribution in [0.4, 0.5) is 5.95 Å². The van der Waals surface area contributed by atoms with Crippen molar-refractivity contribution in [2.75, 3.05) is 12.0 Å². The third kappa shape index (κ3) is 4.44. The molecule has 3 aromatic rings. The van der Waals surface area contributed by atoms with E-state index in [-0.39, 0.29) is 23.0 Å². The number of benzene rings is 2. The summed E-state index contributed by atoms with van der Waals surface area (Å²) in [5.74, 6) is -0.157. The van der Waals surface area contributed by atoms with Crippen LogP contribution in [0.1, 0.15) is 22.4 Å². The maximum atomic E-state index is 12.5. The number of anilines is 1. The molecule has 0 saturated heterocycles. The second-order valence-corrected chi connectivity index (χ2v) is 6.90. The van der Waals surface area contributed by atoms with E-state index in [4.69, 9.17) is 0 Å². The number of hydrazone groups is 1. The number of nitrogens with one attached hydrogen (secondary N) is 2. The van der Waals surface area contributed by atoms with Gasteiger partial charge in [0.1, 0.15) is 0 Å². The Kier molecular flexibility index (Phi) is 5.26. The molecule has 1 aliphatic rings. The molecule has 8 heteroatoms. The Morgan fingerprint density at radius 2 is 2.00 bits per heavy atom. The van der Waals surface area contributed by atoms with Crippen LogP contribution in [-0.4, -0.2) is 37.8 Å². The fourth-order valence-corrected chi connectivity index (χ4v) is 3.30. The van der Waals surface area contributed by atoms with E-state index in [9.17, 15) is 15.0 Å². The molecular formula is C21H21N5O3. The molecule has 0 fully saturated rings. The summed E-state index contributed by atoms with van der Waals surface area (Å²) >= 11 is 0. The minimum Gasteiger partial charge on any atom is -0.504 e. The normalized spacial score (nSPS) is 14.1. The zero-order valence-corrected chi connectivity index (χ0v) is 15.7. The quantitative estimate of drug-likeness (QED) is 0.301. The first-order chi connectivity index (χ1) is 14.1. The van der Waals surface area contributed by atoms with Crippen LogP contribution < -0.4 is 11.0 Å². The van der Waals surface area contributed by atoms with Gasteiger partial charge in [-0.2, -0.15) is 5.10 Å². The largest absolute Gasteiger partial charge is 0.504 e. The lowest BCUT2D eigenvalue weighted by molar-refractivity contribution is 0.242. The maximum Gasteiger partial charge on any atom is 0.257 e. The van der Waals surface area contributed by atoms with Crippen LogP contribution in [0, 0.1) is 0 Å². The monoisotopic (exact) mass is 391 g/mol. The lowest BCUT2D eigenvalue weighted by Crippen LogP contribution is -2.35. The van der Waals surface area contributed by atoms with Crippen LogP contribution in [0.2, 0.25) is 0 Å². The number of H-pyrrole nitrogens is 1. The maximum absolute atomic E-state index is 12.5. The summed E-state index contributed by atoms with van der Waals surface area (Å²) in [7, 11) is 0. The number of aromatic hydroxyl groups is 2. The average molecular weight is 391 g/mol. The summed E-state index contributed by atoms with van der Waals surface area (Å²) in [6, 6.07) is 14.5. The van der Waals surface area contributed by atoms with Crippen molar-refractivity contribution >= 4 is 12.2 Å². The van der Waals surface area contributed by atoms with Crippen molar-refractivity contribution in [3.63, 3.8) is 0 Å². The molecule has 148 valence electrons. The Bertz CT molecular complexity index is 1100. The summed E-state index contributed by atoms with van der Waals surface area (Å²) in [4.78, 5) is 22.0. The van der Waals surface area contributed by atoms with E-state index >= 15 is 0 Å². The SMILES string of the molecule is O=c1[nH]c(N/N=C\c2ccc(O)c(O)c2)nc2c1CN(Cc1ccccc1)CC2. The second kappa shape index (κ2) is 8.15. The van der Waals surface area contributed by atoms with Gasteiger partial charge < -0.3 is 10.2 Å². The van der Waals surface area contributed by atoms with Crippen LogP contribution in [-0.2, 0) is 19.5 Å². The van der Waals surface area contributed by atoms with Gasteiger partial charge in [-0.1, -0.05) is 30.3 Å². The molecule has 0 amide bonds. The van der Waals surface area contributed by atoms with E-state index in [0.717, 1.165) is 18.8 Å². The minimum atomic E-state index is -0.227. The molecule has 29 heavy (non-hydrogen) atoms. The third-order valence-electron chi connectivity index (χ3n) is 4.78. The van der Waals surface area contributed by atoms with E-state index in [0.29, 0.717) is 24.1 Å². The van der Waals surface area contributed by atoms with Crippen LogP contribution >= 0.6 is 0 Å². The molecule has 2 aromatic carbocycles. The van der Waals surface area contributed by atoms with Crippen molar-refractivity contribution in [2.45, 2.75) is 19.5 Å². The number of aromatic amines is 1. The Hall–Kier alpha value is -3.65. The topological polar surface area (TPSA) is 114 Å². The van der Waals surface area contributed by atoms with Gasteiger partial charge in [-0.3, -0.25) is 14.7 Å². The first kappa shape index (κ1) is 18.7. The molecule has 0 aliphatic carbocycles. The van der Waals surface area contributed by atoms with Crippen molar-refractivity contribution in [1.82, 2.24) is 14.9 Å². The highest BCUT2D eigenvalue weighted by atomic mass is 16.3. The van der Waals surface area contributed by atoms with Gasteiger partial charge in [-0.05, 0) is 29.3 Å². The fourth-order valence-electron chi connectivity index (χ4n) is 3.30. The number of rotatable bonds is 5. The van der Waals surface area contributed by atoms with Gasteiger partial charge >= 0.3 is 0 Å². The predicted molar refractivity (Wildman–Crippen MR) is 110 cm³/mol. The highest BCUT2D eigenvalue weighted by Gasteiger charge is 2.21. The Morgan fingerprint density at radius 1 is 1.17 bits per heavy atom. The molecule has 1 aromatic heterocycles. The van der Waals surface area contributed by atoms with Gasteiger partial charge in [0.05, 0.1) is 17.5 Å². The average Bonchev–Trinajstić information content (AvgIpc) is 2.72. The van der Waals surface area contributed by atoms with Crippen molar-refractivity contribution in [2.24, 2.45) is 5.10 Å². The molecule has 1 aliphatic heterocycles. The fraction of sp³-hybridized carbons (Fsp3) is 0.190. The van der Waals surface area contributed by atoms with Gasteiger partial charge in [0.2, 0.25) is 5.95 Å². The van der Waals surface area contributed by atoms with Gasteiger partial charge in [0.15, 0.2) is 11.5 Å². The molecule has 0 radical (unpaired) electrons. The number of hydrogen-bond acceptors (Lipinski definition) is 7. The van der Waals surface area contributed by atoms with Gasteiger partial charge in [-0.15, -0.1) is 0 Å². The molecule has 0 atom stereocenters. The van der Waals surface area contributed by atoms with Gasteiger partial charge in [-0.25, -0.2) is 10.4 Å². The summed E-state index contributed by atoms with van der Waals surface area (Å²) < 4.78 is 0. The predicted octanol–water partition coefficient (Wildman–Crippen LogP) is 2.19. The van der Waals surface area contributed by atoms with Crippen LogP contribution in [0.5, 0.6) is 11.5 Å². The first-order valence-corrected chi connectivity index (χ1v) is 9.28. The van der Waals surface area contributed by atoms with Crippen molar-refractivity contribution < 1.29 is 10.2 Å². The Balaban J connectivity index is 1.44. The number of nitrogens with zero attached hydrogens (tertiary/aromatic N) is 3. The zero-order chi connectivity index (χ0) is 20.2. The summed E-state index contributed by atoms with van der Waals surface area (Å²) in [6.45, 7) is 2.18. The van der Waals surface area contributed by atoms with Crippen molar-refractivity contribution in [3.05, 3.63) is 81.3 Å². The third-order valence-corrected chi connectivity index (χ3v) is 4.78. The standard InChI is InChI=1S/C21H21N5O3/c27-18-7-6-15(10-19(18)28)11-22-25-21-23-17-8-9-26(13-16(17)20(29)24-21)12-14-4-2-1-3-5-14/h1-7,10-11,27-28H,8-9,12-13H2,(H2,23,24,25,29)/b22-11-. The Labute approximate surface area is 167 Å². The molecule has 8 nitrogen and oxygen atoms in total. The van der Waals surface area contributed by atoms with Crippen molar-refractivity contribution in [3.8, 4) is 11.5 Å². The van der Waals surface area contributed by atoms with Crippen molar-refractivity contribution in [1.29, 1.82) is 0 Å². The number of phenols is 2. The number of aromatic nitrogens is 2. The molecule has 4 rings (SSSR count). The lowest BCUT2D eigenvalue weighted by Gasteiger charge is -2.27. The second-order valence-electron chi connectivity index (χ2n) is 6.90. The highest BCUT2D eigenvalue weighted by molar-refractivity contribution is 5.81. The Morgan fingerprint density at radius 3 is 2.79 bits per heavy atom. The summed E-state index contributed by atoms with van der Waals surface area (Å²) in [6.07, 6.45) is 2.15. The molecular weight excluding hydrogens is 370 g/mol. The van der Waals surface area contributed by atoms with E-state index < -0.39 is 0 Å². The summed E-state index contributed by atoms with van der Waals surface area (Å²) in [5.41, 5.74) is 5.81. The van der Waals surface area contributed by atoms with E-state index in [2.05, 4.69) is 37.5 Å². The van der Waals surface area contributed by atoms with Gasteiger partial charge in [0, 0.05) is 26.1 Å². The van der Waals surface area contributed by atoms with Gasteiger partial charge in [0.25, 0.3) is 5.56 Å². The van der Waals surface area contributed by atoms with E-state index in [1.807, 2.05) is 18.2 Å². The summed E-state index contributed by atoms with van der Waals surface area (Å²) in [5, 5.41) is 22.9. The van der Waals surface area contributed by atoms with Crippen LogP contribution in [0.25, 0.3) is 0 Å². The molecule has 0 bridgehead atoms. The molecule has 4 N–H and O–H groups in total. The molecule has 2 heterocycles. The van der Waals surface area contributed by atoms with Crippen LogP contribution in [0.3, 0.4) is 0 Å². The van der Waals surface area contributed by atoms with E-state index in [1.165, 1.54) is 23.9 Å². The lowest BCUT2D eigenvalue weighted by atomic mass is 10.1. The number of hydrogen-bond donors (Lipinski definition) is 4. The highest BCUT2D eigenvalue weighted by Crippen LogP contribution is 2.24.